The van der Waals surface area contributed by atoms with Crippen LogP contribution in [0.2, 0.25) is 0 Å². The summed E-state index contributed by atoms with van der Waals surface area (Å²) in [5, 5.41) is 4.91. The normalized spacial score (nSPS) is 24.1. The van der Waals surface area contributed by atoms with Gasteiger partial charge in [0.05, 0.1) is 0 Å². The molecule has 0 radical (unpaired) electrons. The number of rotatable bonds is 7. The lowest BCUT2D eigenvalue weighted by Gasteiger charge is -2.46. The molecule has 2 aliphatic carbocycles. The molecule has 2 fully saturated rings. The van der Waals surface area contributed by atoms with E-state index in [-0.39, 0.29) is 29.3 Å². The van der Waals surface area contributed by atoms with Crippen molar-refractivity contribution in [2.24, 2.45) is 17.3 Å². The zero-order valence-corrected chi connectivity index (χ0v) is 20.0. The molecule has 0 aromatic heterocycles. The van der Waals surface area contributed by atoms with Gasteiger partial charge in [0, 0.05) is 24.2 Å². The molecule has 1 aliphatic heterocycles. The Balaban J connectivity index is -0.00000157. The molecular weight excluding hydrogens is 416 g/mol. The highest BCUT2D eigenvalue weighted by atomic mass is 35.5. The number of allylic oxidation sites excluding steroid dienone is 4. The minimum atomic E-state index is 0. The van der Waals surface area contributed by atoms with Gasteiger partial charge in [-0.1, -0.05) is 64.3 Å². The maximum atomic E-state index is 6.17. The van der Waals surface area contributed by atoms with Crippen LogP contribution in [0.5, 0.6) is 0 Å². The van der Waals surface area contributed by atoms with Crippen molar-refractivity contribution >= 4 is 11.6 Å². The molecule has 3 rings (SSSR count). The van der Waals surface area contributed by atoms with Gasteiger partial charge in [0.25, 0.3) is 0 Å². The van der Waals surface area contributed by atoms with Gasteiger partial charge in [-0.25, -0.2) is 0 Å². The highest BCUT2D eigenvalue weighted by Gasteiger charge is 2.38. The Labute approximate surface area is 195 Å². The average molecular weight is 467 g/mol. The molecule has 0 bridgehead atoms. The Bertz CT molecular complexity index is 534. The fourth-order valence-corrected chi connectivity index (χ4v) is 5.58. The molecule has 0 spiro atoms. The third-order valence-electron chi connectivity index (χ3n) is 7.03. The summed E-state index contributed by atoms with van der Waals surface area (Å²) in [5.41, 5.74) is 1.98. The van der Waals surface area contributed by atoms with E-state index in [0.717, 1.165) is 23.8 Å². The summed E-state index contributed by atoms with van der Waals surface area (Å²) in [6.45, 7) is 12.2. The van der Waals surface area contributed by atoms with E-state index in [1.807, 2.05) is 0 Å². The van der Waals surface area contributed by atoms with Crippen LogP contribution in [0.4, 0.5) is 0 Å². The first-order chi connectivity index (χ1) is 12.5. The number of piperidine rings is 1. The summed E-state index contributed by atoms with van der Waals surface area (Å²) in [5.74, 6) is 1.65. The molecule has 9 N–H and O–H groups in total. The second-order valence-electron chi connectivity index (χ2n) is 9.58. The van der Waals surface area contributed by atoms with E-state index in [1.54, 1.807) is 5.57 Å². The van der Waals surface area contributed by atoms with Crippen LogP contribution in [0.1, 0.15) is 79.6 Å². The molecule has 1 heterocycles. The van der Waals surface area contributed by atoms with E-state index in [1.165, 1.54) is 64.7 Å². The lowest BCUT2D eigenvalue weighted by atomic mass is 9.68. The SMILES string of the molecule is C.CC[C@H](CN1CCC(C2=CC=C(Cl)CC2)C(C)(C)C1)NCC1CCCC1.O.O.O.O. The van der Waals surface area contributed by atoms with E-state index in [9.17, 15) is 0 Å². The summed E-state index contributed by atoms with van der Waals surface area (Å²) in [6.07, 6.45) is 14.9. The molecule has 0 aromatic rings. The second-order valence-corrected chi connectivity index (χ2v) is 10.1. The molecule has 3 aliphatic rings. The number of hydrogen-bond donors (Lipinski definition) is 1. The maximum absolute atomic E-state index is 6.17. The molecule has 0 aromatic carbocycles. The van der Waals surface area contributed by atoms with Gasteiger partial charge in [-0.2, -0.15) is 0 Å². The largest absolute Gasteiger partial charge is 0.412 e. The first-order valence-electron chi connectivity index (χ1n) is 11.0. The lowest BCUT2D eigenvalue weighted by Crippen LogP contribution is -2.51. The van der Waals surface area contributed by atoms with Gasteiger partial charge < -0.3 is 32.1 Å². The summed E-state index contributed by atoms with van der Waals surface area (Å²) >= 11 is 6.17. The fraction of sp³-hybridized carbons (Fsp3) is 0.833. The van der Waals surface area contributed by atoms with E-state index in [2.05, 4.69) is 43.1 Å². The Morgan fingerprint density at radius 3 is 2.23 bits per heavy atom. The first-order valence-corrected chi connectivity index (χ1v) is 11.4. The zero-order valence-electron chi connectivity index (χ0n) is 19.2. The monoisotopic (exact) mass is 466 g/mol. The van der Waals surface area contributed by atoms with Gasteiger partial charge in [-0.05, 0) is 74.9 Å². The van der Waals surface area contributed by atoms with Gasteiger partial charge in [0.1, 0.15) is 0 Å². The molecule has 1 saturated heterocycles. The van der Waals surface area contributed by atoms with E-state index in [0.29, 0.717) is 17.4 Å². The highest BCUT2D eigenvalue weighted by molar-refractivity contribution is 6.29. The maximum Gasteiger partial charge on any atom is 0.0192 e. The van der Waals surface area contributed by atoms with Crippen LogP contribution in [-0.2, 0) is 0 Å². The third kappa shape index (κ3) is 9.91. The molecule has 6 nitrogen and oxygen atoms in total. The van der Waals surface area contributed by atoms with Crippen LogP contribution < -0.4 is 5.32 Å². The van der Waals surface area contributed by atoms with Crippen molar-refractivity contribution in [3.8, 4) is 0 Å². The van der Waals surface area contributed by atoms with Gasteiger partial charge in [0.15, 0.2) is 0 Å². The van der Waals surface area contributed by atoms with Crippen LogP contribution in [-0.4, -0.2) is 59.0 Å². The van der Waals surface area contributed by atoms with Crippen molar-refractivity contribution in [3.05, 3.63) is 22.8 Å². The van der Waals surface area contributed by atoms with Crippen LogP contribution >= 0.6 is 11.6 Å². The van der Waals surface area contributed by atoms with Crippen LogP contribution in [0, 0.1) is 17.3 Å². The van der Waals surface area contributed by atoms with Crippen molar-refractivity contribution < 1.29 is 21.9 Å². The van der Waals surface area contributed by atoms with E-state index >= 15 is 0 Å². The standard InChI is InChI=1S/C23H39ClN2.CH4.4H2O/c1-4-21(25-15-18-7-5-6-8-18)16-26-14-13-22(23(2,3)17-26)19-9-11-20(24)12-10-19;;;;;/h9,11,18,21-22,25H,4-8,10,12-17H2,1-3H3;1H4;4*1H2/t21-,22?;;;;;/m1...../s1. The predicted octanol–water partition coefficient (Wildman–Crippen LogP) is 3.07. The van der Waals surface area contributed by atoms with Gasteiger partial charge >= 0.3 is 0 Å². The zero-order chi connectivity index (χ0) is 18.6. The van der Waals surface area contributed by atoms with Crippen molar-refractivity contribution in [1.29, 1.82) is 0 Å². The van der Waals surface area contributed by atoms with Crippen molar-refractivity contribution in [2.45, 2.75) is 85.6 Å². The van der Waals surface area contributed by atoms with Gasteiger partial charge in [0.2, 0.25) is 0 Å². The number of hydrogen-bond acceptors (Lipinski definition) is 2. The van der Waals surface area contributed by atoms with Crippen molar-refractivity contribution in [3.63, 3.8) is 0 Å². The quantitative estimate of drug-likeness (QED) is 0.615. The minimum absolute atomic E-state index is 0. The third-order valence-corrected chi connectivity index (χ3v) is 7.34. The number of nitrogens with zero attached hydrogens (tertiary/aromatic N) is 1. The highest BCUT2D eigenvalue weighted by Crippen LogP contribution is 2.42. The molecule has 2 atom stereocenters. The Hall–Kier alpha value is -0.470. The number of nitrogens with one attached hydrogen (secondary N) is 1. The van der Waals surface area contributed by atoms with Crippen LogP contribution in [0.25, 0.3) is 0 Å². The smallest absolute Gasteiger partial charge is 0.0192 e. The Morgan fingerprint density at radius 1 is 1.06 bits per heavy atom. The summed E-state index contributed by atoms with van der Waals surface area (Å²) < 4.78 is 0. The van der Waals surface area contributed by atoms with Crippen molar-refractivity contribution in [2.75, 3.05) is 26.2 Å². The predicted molar refractivity (Wildman–Crippen MR) is 135 cm³/mol. The van der Waals surface area contributed by atoms with E-state index < -0.39 is 0 Å². The summed E-state index contributed by atoms with van der Waals surface area (Å²) in [7, 11) is 0. The molecule has 31 heavy (non-hydrogen) atoms. The average Bonchev–Trinajstić information content (AvgIpc) is 3.12. The van der Waals surface area contributed by atoms with Crippen LogP contribution in [0.3, 0.4) is 0 Å². The van der Waals surface area contributed by atoms with Gasteiger partial charge in [-0.15, -0.1) is 0 Å². The fourth-order valence-electron chi connectivity index (χ4n) is 5.43. The summed E-state index contributed by atoms with van der Waals surface area (Å²) in [6, 6.07) is 0.651. The molecule has 188 valence electrons. The van der Waals surface area contributed by atoms with Gasteiger partial charge in [-0.3, -0.25) is 0 Å². The second kappa shape index (κ2) is 16.2. The Morgan fingerprint density at radius 2 is 1.71 bits per heavy atom. The Kier molecular flexibility index (Phi) is 18.3. The molecule has 7 heteroatoms. The van der Waals surface area contributed by atoms with E-state index in [4.69, 9.17) is 11.6 Å². The van der Waals surface area contributed by atoms with Crippen molar-refractivity contribution in [1.82, 2.24) is 10.2 Å². The molecular formula is C24H51ClN2O4. The molecule has 1 saturated carbocycles. The number of likely N-dealkylation sites (tertiary alicyclic amines) is 1. The molecule has 0 amide bonds. The summed E-state index contributed by atoms with van der Waals surface area (Å²) in [4.78, 5) is 2.72. The first kappa shape index (κ1) is 35.1. The number of halogens is 1. The lowest BCUT2D eigenvalue weighted by molar-refractivity contribution is 0.0640. The van der Waals surface area contributed by atoms with Crippen LogP contribution in [0.15, 0.2) is 22.8 Å². The molecule has 1 unspecified atom stereocenters. The topological polar surface area (TPSA) is 141 Å². The minimum Gasteiger partial charge on any atom is -0.412 e.